The van der Waals surface area contributed by atoms with Crippen molar-refractivity contribution in [3.8, 4) is 0 Å². The first-order valence-electron chi connectivity index (χ1n) is 6.40. The van der Waals surface area contributed by atoms with Crippen molar-refractivity contribution in [2.24, 2.45) is 10.9 Å². The molecule has 0 atom stereocenters. The number of benzene rings is 1. The fourth-order valence-electron chi connectivity index (χ4n) is 2.14. The Morgan fingerprint density at radius 1 is 1.39 bits per heavy atom. The highest BCUT2D eigenvalue weighted by Crippen LogP contribution is 2.24. The van der Waals surface area contributed by atoms with Gasteiger partial charge in [-0.25, -0.2) is 0 Å². The molecule has 4 nitrogen and oxygen atoms in total. The molecule has 0 heterocycles. The van der Waals surface area contributed by atoms with E-state index in [1.54, 1.807) is 0 Å². The predicted molar refractivity (Wildman–Crippen MR) is 76.5 cm³/mol. The molecule has 0 radical (unpaired) electrons. The number of para-hydroxylation sites is 1. The van der Waals surface area contributed by atoms with E-state index in [-0.39, 0.29) is 5.84 Å². The number of aryl methyl sites for hydroxylation is 1. The average Bonchev–Trinajstić information content (AvgIpc) is 2.37. The third-order valence-electron chi connectivity index (χ3n) is 3.10. The lowest BCUT2D eigenvalue weighted by molar-refractivity contribution is 0.318. The number of nitrogens with zero attached hydrogens (tertiary/aromatic N) is 2. The van der Waals surface area contributed by atoms with Gasteiger partial charge in [0.25, 0.3) is 0 Å². The second kappa shape index (κ2) is 6.89. The summed E-state index contributed by atoms with van der Waals surface area (Å²) < 4.78 is 0. The lowest BCUT2D eigenvalue weighted by atomic mass is 10.1. The minimum atomic E-state index is 0.163. The van der Waals surface area contributed by atoms with Crippen LogP contribution in [0, 0.1) is 6.92 Å². The number of rotatable bonds is 6. The molecule has 0 aliphatic heterocycles. The quantitative estimate of drug-likeness (QED) is 0.268. The Balaban J connectivity index is 2.98. The van der Waals surface area contributed by atoms with Crippen LogP contribution in [0.2, 0.25) is 0 Å². The zero-order valence-electron chi connectivity index (χ0n) is 11.5. The van der Waals surface area contributed by atoms with Crippen molar-refractivity contribution in [3.05, 3.63) is 29.3 Å². The Hall–Kier alpha value is -1.71. The van der Waals surface area contributed by atoms with Gasteiger partial charge in [-0.2, -0.15) is 0 Å². The standard InChI is InChI=1S/C14H23N3O/c1-4-5-6-10-17(3)13-11(2)8-7-9-12(13)14(15)16-18/h7-9,18H,4-6,10H2,1-3H3,(H2,15,16). The molecule has 18 heavy (non-hydrogen) atoms. The molecule has 0 saturated heterocycles. The summed E-state index contributed by atoms with van der Waals surface area (Å²) in [5, 5.41) is 12.0. The van der Waals surface area contributed by atoms with Gasteiger partial charge in [0, 0.05) is 19.2 Å². The van der Waals surface area contributed by atoms with Gasteiger partial charge >= 0.3 is 0 Å². The van der Waals surface area contributed by atoms with Gasteiger partial charge in [0.05, 0.1) is 5.69 Å². The van der Waals surface area contributed by atoms with E-state index in [0.717, 1.165) is 29.8 Å². The summed E-state index contributed by atoms with van der Waals surface area (Å²) in [5.74, 6) is 0.163. The van der Waals surface area contributed by atoms with Crippen LogP contribution in [0.25, 0.3) is 0 Å². The van der Waals surface area contributed by atoms with E-state index >= 15 is 0 Å². The molecule has 0 saturated carbocycles. The Kier molecular flexibility index (Phi) is 5.49. The number of nitrogens with two attached hydrogens (primary N) is 1. The Bertz CT molecular complexity index is 416. The molecule has 100 valence electrons. The zero-order valence-corrected chi connectivity index (χ0v) is 11.5. The fraction of sp³-hybridized carbons (Fsp3) is 0.500. The first-order valence-corrected chi connectivity index (χ1v) is 6.40. The Labute approximate surface area is 109 Å². The monoisotopic (exact) mass is 249 g/mol. The third kappa shape index (κ3) is 3.39. The number of amidine groups is 1. The van der Waals surface area contributed by atoms with E-state index in [0.29, 0.717) is 0 Å². The van der Waals surface area contributed by atoms with Crippen LogP contribution in [0.1, 0.15) is 37.3 Å². The minimum Gasteiger partial charge on any atom is -0.409 e. The number of oxime groups is 1. The second-order valence-corrected chi connectivity index (χ2v) is 4.58. The van der Waals surface area contributed by atoms with Crippen molar-refractivity contribution >= 4 is 11.5 Å². The molecule has 0 aliphatic rings. The Morgan fingerprint density at radius 2 is 2.11 bits per heavy atom. The first kappa shape index (κ1) is 14.4. The molecule has 3 N–H and O–H groups in total. The van der Waals surface area contributed by atoms with Crippen molar-refractivity contribution < 1.29 is 5.21 Å². The van der Waals surface area contributed by atoms with Crippen LogP contribution < -0.4 is 10.6 Å². The lowest BCUT2D eigenvalue weighted by Crippen LogP contribution is -2.24. The van der Waals surface area contributed by atoms with E-state index in [9.17, 15) is 0 Å². The topological polar surface area (TPSA) is 61.8 Å². The molecule has 0 unspecified atom stereocenters. The SMILES string of the molecule is CCCCCN(C)c1c(C)cccc1/C(N)=N/O. The van der Waals surface area contributed by atoms with Crippen molar-refractivity contribution in [2.45, 2.75) is 33.1 Å². The summed E-state index contributed by atoms with van der Waals surface area (Å²) >= 11 is 0. The predicted octanol–water partition coefficient (Wildman–Crippen LogP) is 2.72. The third-order valence-corrected chi connectivity index (χ3v) is 3.10. The summed E-state index contributed by atoms with van der Waals surface area (Å²) in [6.45, 7) is 5.21. The smallest absolute Gasteiger partial charge is 0.172 e. The number of hydrogen-bond acceptors (Lipinski definition) is 3. The molecule has 0 spiro atoms. The van der Waals surface area contributed by atoms with Crippen molar-refractivity contribution in [3.63, 3.8) is 0 Å². The maximum Gasteiger partial charge on any atom is 0.172 e. The van der Waals surface area contributed by atoms with Gasteiger partial charge in [-0.05, 0) is 25.0 Å². The maximum absolute atomic E-state index is 8.84. The van der Waals surface area contributed by atoms with E-state index in [4.69, 9.17) is 10.9 Å². The highest BCUT2D eigenvalue weighted by atomic mass is 16.4. The van der Waals surface area contributed by atoms with E-state index in [1.165, 1.54) is 12.8 Å². The molecule has 0 fully saturated rings. The largest absolute Gasteiger partial charge is 0.409 e. The molecule has 0 aliphatic carbocycles. The van der Waals surface area contributed by atoms with Crippen LogP contribution in [0.3, 0.4) is 0 Å². The van der Waals surface area contributed by atoms with Crippen LogP contribution in [0.5, 0.6) is 0 Å². The van der Waals surface area contributed by atoms with Crippen molar-refractivity contribution in [1.82, 2.24) is 0 Å². The number of hydrogen-bond donors (Lipinski definition) is 2. The van der Waals surface area contributed by atoms with Crippen molar-refractivity contribution in [1.29, 1.82) is 0 Å². The molecule has 4 heteroatoms. The highest BCUT2D eigenvalue weighted by Gasteiger charge is 2.13. The van der Waals surface area contributed by atoms with E-state index in [2.05, 4.69) is 17.0 Å². The van der Waals surface area contributed by atoms with Crippen LogP contribution >= 0.6 is 0 Å². The second-order valence-electron chi connectivity index (χ2n) is 4.58. The zero-order chi connectivity index (χ0) is 13.5. The summed E-state index contributed by atoms with van der Waals surface area (Å²) in [5.41, 5.74) is 8.70. The van der Waals surface area contributed by atoms with Gasteiger partial charge in [0.15, 0.2) is 5.84 Å². The highest BCUT2D eigenvalue weighted by molar-refractivity contribution is 6.02. The fourth-order valence-corrected chi connectivity index (χ4v) is 2.14. The van der Waals surface area contributed by atoms with Crippen LogP contribution in [0.15, 0.2) is 23.4 Å². The summed E-state index contributed by atoms with van der Waals surface area (Å²) in [7, 11) is 2.05. The molecular weight excluding hydrogens is 226 g/mol. The molecular formula is C14H23N3O. The molecule has 1 aromatic carbocycles. The minimum absolute atomic E-state index is 0.163. The van der Waals surface area contributed by atoms with Crippen LogP contribution in [-0.4, -0.2) is 24.6 Å². The van der Waals surface area contributed by atoms with Gasteiger partial charge in [0.1, 0.15) is 0 Å². The van der Waals surface area contributed by atoms with Gasteiger partial charge in [0.2, 0.25) is 0 Å². The Morgan fingerprint density at radius 3 is 2.72 bits per heavy atom. The van der Waals surface area contributed by atoms with Crippen molar-refractivity contribution in [2.75, 3.05) is 18.5 Å². The van der Waals surface area contributed by atoms with Gasteiger partial charge < -0.3 is 15.8 Å². The summed E-state index contributed by atoms with van der Waals surface area (Å²) in [6.07, 6.45) is 3.57. The lowest BCUT2D eigenvalue weighted by Gasteiger charge is -2.24. The molecule has 1 aromatic rings. The van der Waals surface area contributed by atoms with Crippen LogP contribution in [-0.2, 0) is 0 Å². The normalized spacial score (nSPS) is 11.6. The van der Waals surface area contributed by atoms with Crippen LogP contribution in [0.4, 0.5) is 5.69 Å². The molecule has 0 bridgehead atoms. The van der Waals surface area contributed by atoms with E-state index < -0.39 is 0 Å². The van der Waals surface area contributed by atoms with Gasteiger partial charge in [-0.3, -0.25) is 0 Å². The average molecular weight is 249 g/mol. The summed E-state index contributed by atoms with van der Waals surface area (Å²) in [4.78, 5) is 2.18. The number of unbranched alkanes of at least 4 members (excludes halogenated alkanes) is 2. The van der Waals surface area contributed by atoms with Gasteiger partial charge in [-0.1, -0.05) is 37.1 Å². The first-order chi connectivity index (χ1) is 8.61. The number of anilines is 1. The summed E-state index contributed by atoms with van der Waals surface area (Å²) in [6, 6.07) is 5.85. The molecule has 0 amide bonds. The maximum atomic E-state index is 8.84. The molecule has 1 rings (SSSR count). The van der Waals surface area contributed by atoms with Gasteiger partial charge in [-0.15, -0.1) is 0 Å². The molecule has 0 aromatic heterocycles. The van der Waals surface area contributed by atoms with E-state index in [1.807, 2.05) is 32.2 Å².